The maximum atomic E-state index is 5.08. The van der Waals surface area contributed by atoms with Crippen LogP contribution < -0.4 is 5.32 Å². The first-order valence-corrected chi connectivity index (χ1v) is 5.52. The molecule has 1 N–H and O–H groups in total. The van der Waals surface area contributed by atoms with Crippen molar-refractivity contribution >= 4 is 0 Å². The van der Waals surface area contributed by atoms with Gasteiger partial charge in [-0.3, -0.25) is 0 Å². The molecular weight excluding hydrogens is 174 g/mol. The Kier molecular flexibility index (Phi) is 4.74. The van der Waals surface area contributed by atoms with E-state index in [0.29, 0.717) is 12.0 Å². The van der Waals surface area contributed by atoms with E-state index in [2.05, 4.69) is 32.2 Å². The summed E-state index contributed by atoms with van der Waals surface area (Å²) in [5.74, 6) is 0.701. The molecular formula is C12H21NO. The predicted molar refractivity (Wildman–Crippen MR) is 59.3 cm³/mol. The van der Waals surface area contributed by atoms with Crippen molar-refractivity contribution in [1.82, 2.24) is 5.32 Å². The highest BCUT2D eigenvalue weighted by Crippen LogP contribution is 2.16. The minimum atomic E-state index is 0.583. The largest absolute Gasteiger partial charge is 0.472 e. The summed E-state index contributed by atoms with van der Waals surface area (Å²) in [6.45, 7) is 7.71. The summed E-state index contributed by atoms with van der Waals surface area (Å²) in [7, 11) is 0. The van der Waals surface area contributed by atoms with Gasteiger partial charge in [0.25, 0.3) is 0 Å². The van der Waals surface area contributed by atoms with E-state index in [1.807, 2.05) is 6.26 Å². The second kappa shape index (κ2) is 5.86. The summed E-state index contributed by atoms with van der Waals surface area (Å²) >= 11 is 0. The standard InChI is InChI=1S/C12H21NO/c1-4-12(10(3)13-5-2)8-11-6-7-14-9-11/h6-7,9-10,12-13H,4-5,8H2,1-3H3. The van der Waals surface area contributed by atoms with Crippen molar-refractivity contribution in [2.75, 3.05) is 6.54 Å². The summed E-state index contributed by atoms with van der Waals surface area (Å²) in [5, 5.41) is 3.48. The molecule has 1 aromatic rings. The molecule has 80 valence electrons. The van der Waals surface area contributed by atoms with Gasteiger partial charge in [0.05, 0.1) is 12.5 Å². The summed E-state index contributed by atoms with van der Waals surface area (Å²) in [6.07, 6.45) is 5.92. The second-order valence-electron chi connectivity index (χ2n) is 3.85. The van der Waals surface area contributed by atoms with Gasteiger partial charge in [-0.15, -0.1) is 0 Å². The Hall–Kier alpha value is -0.760. The first kappa shape index (κ1) is 11.3. The molecule has 0 radical (unpaired) electrons. The quantitative estimate of drug-likeness (QED) is 0.755. The summed E-state index contributed by atoms with van der Waals surface area (Å²) in [6, 6.07) is 2.64. The van der Waals surface area contributed by atoms with Crippen LogP contribution in [-0.2, 0) is 6.42 Å². The van der Waals surface area contributed by atoms with Crippen molar-refractivity contribution in [2.45, 2.75) is 39.7 Å². The molecule has 0 amide bonds. The zero-order chi connectivity index (χ0) is 10.4. The number of rotatable bonds is 6. The predicted octanol–water partition coefficient (Wildman–Crippen LogP) is 2.85. The first-order chi connectivity index (χ1) is 6.77. The third kappa shape index (κ3) is 3.18. The molecule has 2 heteroatoms. The number of nitrogens with one attached hydrogen (secondary N) is 1. The van der Waals surface area contributed by atoms with Gasteiger partial charge < -0.3 is 9.73 Å². The monoisotopic (exact) mass is 195 g/mol. The molecule has 0 saturated carbocycles. The Morgan fingerprint density at radius 3 is 2.71 bits per heavy atom. The zero-order valence-corrected chi connectivity index (χ0v) is 9.42. The van der Waals surface area contributed by atoms with Crippen molar-refractivity contribution in [3.8, 4) is 0 Å². The van der Waals surface area contributed by atoms with Crippen LogP contribution in [0.4, 0.5) is 0 Å². The lowest BCUT2D eigenvalue weighted by atomic mass is 9.92. The Morgan fingerprint density at radius 2 is 2.21 bits per heavy atom. The average Bonchev–Trinajstić information content (AvgIpc) is 2.66. The second-order valence-corrected chi connectivity index (χ2v) is 3.85. The fourth-order valence-corrected chi connectivity index (χ4v) is 1.87. The molecule has 14 heavy (non-hydrogen) atoms. The van der Waals surface area contributed by atoms with E-state index in [4.69, 9.17) is 4.42 Å². The average molecular weight is 195 g/mol. The van der Waals surface area contributed by atoms with Crippen LogP contribution in [0.3, 0.4) is 0 Å². The van der Waals surface area contributed by atoms with Crippen LogP contribution in [0.5, 0.6) is 0 Å². The van der Waals surface area contributed by atoms with Gasteiger partial charge >= 0.3 is 0 Å². The van der Waals surface area contributed by atoms with Crippen LogP contribution in [0.15, 0.2) is 23.0 Å². The number of hydrogen-bond donors (Lipinski definition) is 1. The van der Waals surface area contributed by atoms with E-state index >= 15 is 0 Å². The Balaban J connectivity index is 2.46. The molecule has 0 aromatic carbocycles. The van der Waals surface area contributed by atoms with Gasteiger partial charge in [-0.2, -0.15) is 0 Å². The molecule has 2 unspecified atom stereocenters. The van der Waals surface area contributed by atoms with E-state index in [9.17, 15) is 0 Å². The first-order valence-electron chi connectivity index (χ1n) is 5.52. The van der Waals surface area contributed by atoms with Crippen LogP contribution in [0.25, 0.3) is 0 Å². The van der Waals surface area contributed by atoms with Crippen molar-refractivity contribution in [2.24, 2.45) is 5.92 Å². The molecule has 2 atom stereocenters. The summed E-state index contributed by atoms with van der Waals surface area (Å²) in [5.41, 5.74) is 1.31. The van der Waals surface area contributed by atoms with Gasteiger partial charge in [0.1, 0.15) is 0 Å². The van der Waals surface area contributed by atoms with Gasteiger partial charge in [0, 0.05) is 6.04 Å². The molecule has 0 saturated heterocycles. The Bertz CT molecular complexity index is 230. The smallest absolute Gasteiger partial charge is 0.0934 e. The van der Waals surface area contributed by atoms with Crippen LogP contribution in [0.1, 0.15) is 32.8 Å². The van der Waals surface area contributed by atoms with Gasteiger partial charge in [0.15, 0.2) is 0 Å². The fraction of sp³-hybridized carbons (Fsp3) is 0.667. The Labute approximate surface area is 86.7 Å². The van der Waals surface area contributed by atoms with Crippen LogP contribution in [0.2, 0.25) is 0 Å². The highest BCUT2D eigenvalue weighted by atomic mass is 16.3. The number of furan rings is 1. The van der Waals surface area contributed by atoms with Crippen LogP contribution in [-0.4, -0.2) is 12.6 Å². The minimum absolute atomic E-state index is 0.583. The molecule has 0 aliphatic carbocycles. The van der Waals surface area contributed by atoms with Gasteiger partial charge in [-0.1, -0.05) is 20.3 Å². The maximum absolute atomic E-state index is 5.08. The topological polar surface area (TPSA) is 25.2 Å². The zero-order valence-electron chi connectivity index (χ0n) is 9.42. The van der Waals surface area contributed by atoms with Gasteiger partial charge in [0.2, 0.25) is 0 Å². The molecule has 0 aliphatic heterocycles. The van der Waals surface area contributed by atoms with Crippen molar-refractivity contribution in [3.05, 3.63) is 24.2 Å². The molecule has 2 nitrogen and oxygen atoms in total. The SMILES string of the molecule is CCNC(C)C(CC)Cc1ccoc1. The Morgan fingerprint density at radius 1 is 1.43 bits per heavy atom. The van der Waals surface area contributed by atoms with E-state index in [-0.39, 0.29) is 0 Å². The lowest BCUT2D eigenvalue weighted by molar-refractivity contribution is 0.367. The lowest BCUT2D eigenvalue weighted by Crippen LogP contribution is -2.34. The van der Waals surface area contributed by atoms with Crippen molar-refractivity contribution in [3.63, 3.8) is 0 Å². The highest BCUT2D eigenvalue weighted by Gasteiger charge is 2.15. The molecule has 1 rings (SSSR count). The molecule has 0 spiro atoms. The van der Waals surface area contributed by atoms with Crippen molar-refractivity contribution < 1.29 is 4.42 Å². The van der Waals surface area contributed by atoms with Gasteiger partial charge in [-0.25, -0.2) is 0 Å². The van der Waals surface area contributed by atoms with E-state index < -0.39 is 0 Å². The van der Waals surface area contributed by atoms with Crippen LogP contribution >= 0.6 is 0 Å². The molecule has 0 aliphatic rings. The molecule has 1 aromatic heterocycles. The van der Waals surface area contributed by atoms with E-state index in [1.165, 1.54) is 12.0 Å². The highest BCUT2D eigenvalue weighted by molar-refractivity contribution is 5.06. The third-order valence-corrected chi connectivity index (χ3v) is 2.84. The van der Waals surface area contributed by atoms with E-state index in [0.717, 1.165) is 13.0 Å². The molecule has 1 heterocycles. The summed E-state index contributed by atoms with van der Waals surface area (Å²) < 4.78 is 5.08. The van der Waals surface area contributed by atoms with Gasteiger partial charge in [-0.05, 0) is 37.4 Å². The minimum Gasteiger partial charge on any atom is -0.472 e. The maximum Gasteiger partial charge on any atom is 0.0934 e. The number of hydrogen-bond acceptors (Lipinski definition) is 2. The van der Waals surface area contributed by atoms with Crippen LogP contribution in [0, 0.1) is 5.92 Å². The van der Waals surface area contributed by atoms with E-state index in [1.54, 1.807) is 6.26 Å². The van der Waals surface area contributed by atoms with Crippen molar-refractivity contribution in [1.29, 1.82) is 0 Å². The summed E-state index contributed by atoms with van der Waals surface area (Å²) in [4.78, 5) is 0. The fourth-order valence-electron chi connectivity index (χ4n) is 1.87. The molecule has 0 fully saturated rings. The normalized spacial score (nSPS) is 15.4. The third-order valence-electron chi connectivity index (χ3n) is 2.84. The lowest BCUT2D eigenvalue weighted by Gasteiger charge is -2.22. The molecule has 0 bridgehead atoms.